The normalized spacial score (nSPS) is 11.1. The molecule has 3 N–H and O–H groups in total. The van der Waals surface area contributed by atoms with Crippen LogP contribution in [-0.4, -0.2) is 15.5 Å². The summed E-state index contributed by atoms with van der Waals surface area (Å²) in [6, 6.07) is 6.32. The van der Waals surface area contributed by atoms with E-state index in [2.05, 4.69) is 47.3 Å². The molecule has 120 valence electrons. The summed E-state index contributed by atoms with van der Waals surface area (Å²) in [6.45, 7) is 4.75. The number of nitrogens with two attached hydrogens (primary N) is 1. The maximum Gasteiger partial charge on any atom is 0.193 e. The highest BCUT2D eigenvalue weighted by atomic mass is 127. The van der Waals surface area contributed by atoms with Crippen LogP contribution in [-0.2, 0) is 26.4 Å². The number of aryl methyl sites for hydroxylation is 3. The molecule has 1 aromatic heterocycles. The van der Waals surface area contributed by atoms with Crippen molar-refractivity contribution in [2.45, 2.75) is 33.2 Å². The number of nitrogens with one attached hydrogen (secondary N) is 1. The zero-order valence-electron chi connectivity index (χ0n) is 13.3. The molecule has 1 aromatic carbocycles. The van der Waals surface area contributed by atoms with E-state index in [0.717, 1.165) is 24.4 Å². The van der Waals surface area contributed by atoms with Gasteiger partial charge in [-0.3, -0.25) is 0 Å². The third kappa shape index (κ3) is 4.46. The molecule has 22 heavy (non-hydrogen) atoms. The van der Waals surface area contributed by atoms with Crippen molar-refractivity contribution >= 4 is 35.6 Å². The highest BCUT2D eigenvalue weighted by molar-refractivity contribution is 14.0. The first-order valence-electron chi connectivity index (χ1n) is 7.29. The van der Waals surface area contributed by atoms with Gasteiger partial charge in [-0.1, -0.05) is 32.0 Å². The minimum atomic E-state index is 0. The lowest BCUT2D eigenvalue weighted by Crippen LogP contribution is -2.24. The predicted octanol–water partition coefficient (Wildman–Crippen LogP) is 3.09. The first-order chi connectivity index (χ1) is 10.2. The molecule has 1 heterocycles. The fourth-order valence-corrected chi connectivity index (χ4v) is 2.28. The van der Waals surface area contributed by atoms with Crippen LogP contribution < -0.4 is 11.1 Å². The molecule has 2 aromatic rings. The minimum absolute atomic E-state index is 0. The average molecular weight is 413 g/mol. The number of hydrogen-bond donors (Lipinski definition) is 2. The number of para-hydroxylation sites is 1. The molecule has 0 amide bonds. The Morgan fingerprint density at radius 1 is 1.27 bits per heavy atom. The van der Waals surface area contributed by atoms with Crippen molar-refractivity contribution in [2.75, 3.05) is 5.32 Å². The lowest BCUT2D eigenvalue weighted by molar-refractivity contribution is 0.793. The quantitative estimate of drug-likeness (QED) is 0.450. The van der Waals surface area contributed by atoms with Gasteiger partial charge in [0.15, 0.2) is 5.96 Å². The van der Waals surface area contributed by atoms with Crippen LogP contribution in [0.2, 0.25) is 0 Å². The summed E-state index contributed by atoms with van der Waals surface area (Å²) in [6.07, 6.45) is 5.58. The number of rotatable bonds is 5. The number of anilines is 1. The molecule has 0 aliphatic carbocycles. The molecule has 0 spiro atoms. The molecular formula is C16H24IN5. The Morgan fingerprint density at radius 3 is 2.41 bits per heavy atom. The van der Waals surface area contributed by atoms with Gasteiger partial charge >= 0.3 is 0 Å². The lowest BCUT2D eigenvalue weighted by atomic mass is 10.0. The van der Waals surface area contributed by atoms with Crippen LogP contribution in [0.15, 0.2) is 35.6 Å². The summed E-state index contributed by atoms with van der Waals surface area (Å²) in [5, 5.41) is 3.25. The van der Waals surface area contributed by atoms with Crippen molar-refractivity contribution in [3.8, 4) is 0 Å². The number of aliphatic imine (C=N–C) groups is 1. The van der Waals surface area contributed by atoms with Gasteiger partial charge in [0.1, 0.15) is 12.4 Å². The van der Waals surface area contributed by atoms with Crippen molar-refractivity contribution in [3.63, 3.8) is 0 Å². The average Bonchev–Trinajstić information content (AvgIpc) is 2.90. The topological polar surface area (TPSA) is 68.2 Å². The Balaban J connectivity index is 0.00000242. The fraction of sp³-hybridized carbons (Fsp3) is 0.375. The largest absolute Gasteiger partial charge is 0.370 e. The second-order valence-corrected chi connectivity index (χ2v) is 4.94. The summed E-state index contributed by atoms with van der Waals surface area (Å²) in [4.78, 5) is 8.61. The monoisotopic (exact) mass is 413 g/mol. The summed E-state index contributed by atoms with van der Waals surface area (Å²) < 4.78 is 1.94. The van der Waals surface area contributed by atoms with Gasteiger partial charge in [0.2, 0.25) is 0 Å². The van der Waals surface area contributed by atoms with E-state index < -0.39 is 0 Å². The van der Waals surface area contributed by atoms with Crippen molar-refractivity contribution in [3.05, 3.63) is 47.5 Å². The molecule has 0 unspecified atom stereocenters. The van der Waals surface area contributed by atoms with Crippen LogP contribution in [0, 0.1) is 0 Å². The molecule has 5 nitrogen and oxygen atoms in total. The molecule has 0 saturated heterocycles. The lowest BCUT2D eigenvalue weighted by Gasteiger charge is -2.14. The van der Waals surface area contributed by atoms with Crippen LogP contribution in [0.5, 0.6) is 0 Å². The molecule has 2 rings (SSSR count). The van der Waals surface area contributed by atoms with Crippen LogP contribution >= 0.6 is 24.0 Å². The molecule has 0 atom stereocenters. The smallest absolute Gasteiger partial charge is 0.193 e. The number of hydrogen-bond acceptors (Lipinski definition) is 2. The fourth-order valence-electron chi connectivity index (χ4n) is 2.28. The Kier molecular flexibility index (Phi) is 7.37. The second-order valence-electron chi connectivity index (χ2n) is 4.94. The molecular weight excluding hydrogens is 389 g/mol. The molecule has 0 saturated carbocycles. The maximum atomic E-state index is 6.02. The SMILES string of the molecule is CCc1cccc(CC)c1NC(N)=NCc1nccn1C.I. The van der Waals surface area contributed by atoms with Gasteiger partial charge in [-0.2, -0.15) is 0 Å². The number of guanidine groups is 1. The first-order valence-corrected chi connectivity index (χ1v) is 7.29. The number of nitrogens with zero attached hydrogens (tertiary/aromatic N) is 3. The number of imidazole rings is 1. The Bertz CT molecular complexity index is 611. The van der Waals surface area contributed by atoms with E-state index in [-0.39, 0.29) is 24.0 Å². The number of halogens is 1. The summed E-state index contributed by atoms with van der Waals surface area (Å²) in [5.41, 5.74) is 9.62. The minimum Gasteiger partial charge on any atom is -0.370 e. The van der Waals surface area contributed by atoms with Gasteiger partial charge in [-0.25, -0.2) is 9.98 Å². The molecule has 0 fully saturated rings. The summed E-state index contributed by atoms with van der Waals surface area (Å²) in [5.74, 6) is 1.31. The van der Waals surface area contributed by atoms with Crippen molar-refractivity contribution in [1.29, 1.82) is 0 Å². The highest BCUT2D eigenvalue weighted by Gasteiger charge is 2.07. The molecule has 0 aliphatic rings. The molecule has 0 aliphatic heterocycles. The summed E-state index contributed by atoms with van der Waals surface area (Å²) in [7, 11) is 1.95. The zero-order chi connectivity index (χ0) is 15.2. The van der Waals surface area contributed by atoms with Gasteiger partial charge in [0.25, 0.3) is 0 Å². The van der Waals surface area contributed by atoms with Gasteiger partial charge in [-0.15, -0.1) is 24.0 Å². The van der Waals surface area contributed by atoms with Crippen molar-refractivity contribution in [1.82, 2.24) is 9.55 Å². The van der Waals surface area contributed by atoms with E-state index in [0.29, 0.717) is 12.5 Å². The van der Waals surface area contributed by atoms with Crippen LogP contribution in [0.3, 0.4) is 0 Å². The maximum absolute atomic E-state index is 6.02. The number of aromatic nitrogens is 2. The second kappa shape index (κ2) is 8.77. The highest BCUT2D eigenvalue weighted by Crippen LogP contribution is 2.22. The van der Waals surface area contributed by atoms with E-state index in [1.54, 1.807) is 6.20 Å². The van der Waals surface area contributed by atoms with Gasteiger partial charge in [0, 0.05) is 25.1 Å². The third-order valence-electron chi connectivity index (χ3n) is 3.56. The van der Waals surface area contributed by atoms with Crippen LogP contribution in [0.25, 0.3) is 0 Å². The van der Waals surface area contributed by atoms with E-state index in [1.165, 1.54) is 11.1 Å². The zero-order valence-corrected chi connectivity index (χ0v) is 15.7. The summed E-state index contributed by atoms with van der Waals surface area (Å²) >= 11 is 0. The standard InChI is InChI=1S/C16H23N5.HI/c1-4-12-7-6-8-13(5-2)15(12)20-16(17)19-11-14-18-9-10-21(14)3;/h6-10H,4-5,11H2,1-3H3,(H3,17,19,20);1H. The van der Waals surface area contributed by atoms with Crippen LogP contribution in [0.4, 0.5) is 5.69 Å². The van der Waals surface area contributed by atoms with Crippen LogP contribution in [0.1, 0.15) is 30.8 Å². The van der Waals surface area contributed by atoms with E-state index in [4.69, 9.17) is 5.73 Å². The van der Waals surface area contributed by atoms with Gasteiger partial charge < -0.3 is 15.6 Å². The van der Waals surface area contributed by atoms with Gasteiger partial charge in [0.05, 0.1) is 0 Å². The molecule has 6 heteroatoms. The van der Waals surface area contributed by atoms with Gasteiger partial charge in [-0.05, 0) is 24.0 Å². The molecule has 0 radical (unpaired) electrons. The Hall–Kier alpha value is -1.57. The number of benzene rings is 1. The van der Waals surface area contributed by atoms with Crippen molar-refractivity contribution < 1.29 is 0 Å². The Morgan fingerprint density at radius 2 is 1.91 bits per heavy atom. The first kappa shape index (κ1) is 18.5. The van der Waals surface area contributed by atoms with E-state index in [1.807, 2.05) is 17.8 Å². The molecule has 0 bridgehead atoms. The Labute approximate surface area is 149 Å². The third-order valence-corrected chi connectivity index (χ3v) is 3.56. The van der Waals surface area contributed by atoms with E-state index in [9.17, 15) is 0 Å². The predicted molar refractivity (Wildman–Crippen MR) is 103 cm³/mol. The van der Waals surface area contributed by atoms with Crippen molar-refractivity contribution in [2.24, 2.45) is 17.8 Å². The van der Waals surface area contributed by atoms with E-state index >= 15 is 0 Å².